The summed E-state index contributed by atoms with van der Waals surface area (Å²) < 4.78 is 0. The van der Waals surface area contributed by atoms with Gasteiger partial charge in [-0.3, -0.25) is 14.5 Å². The molecule has 120 valence electrons. The Morgan fingerprint density at radius 2 is 2.00 bits per heavy atom. The zero-order valence-electron chi connectivity index (χ0n) is 12.7. The number of thiophene rings is 1. The smallest absolute Gasteiger partial charge is 0.236 e. The summed E-state index contributed by atoms with van der Waals surface area (Å²) in [6, 6.07) is 4.63. The molecule has 3 rings (SSSR count). The van der Waals surface area contributed by atoms with Crippen molar-refractivity contribution in [2.75, 3.05) is 26.2 Å². The molecule has 3 heterocycles. The highest BCUT2D eigenvalue weighted by molar-refractivity contribution is 7.10. The fourth-order valence-electron chi connectivity index (χ4n) is 3.51. The Bertz CT molecular complexity index is 524. The molecule has 0 radical (unpaired) electrons. The topological polar surface area (TPSA) is 66.6 Å². The molecule has 2 aliphatic heterocycles. The van der Waals surface area contributed by atoms with Crippen molar-refractivity contribution >= 4 is 23.2 Å². The second-order valence-electron chi connectivity index (χ2n) is 6.20. The van der Waals surface area contributed by atoms with Gasteiger partial charge in [-0.1, -0.05) is 6.07 Å². The van der Waals surface area contributed by atoms with E-state index in [2.05, 4.69) is 22.4 Å². The van der Waals surface area contributed by atoms with Crippen LogP contribution in [0.4, 0.5) is 0 Å². The summed E-state index contributed by atoms with van der Waals surface area (Å²) >= 11 is 1.77. The minimum absolute atomic E-state index is 0.0605. The Hall–Kier alpha value is -1.40. The van der Waals surface area contributed by atoms with Gasteiger partial charge in [0.05, 0.1) is 6.54 Å². The van der Waals surface area contributed by atoms with Crippen LogP contribution >= 0.6 is 11.3 Å². The molecule has 22 heavy (non-hydrogen) atoms. The predicted molar refractivity (Wildman–Crippen MR) is 86.4 cm³/mol. The summed E-state index contributed by atoms with van der Waals surface area (Å²) in [5.74, 6) is -0.106. The average molecular weight is 321 g/mol. The largest absolute Gasteiger partial charge is 0.369 e. The van der Waals surface area contributed by atoms with Gasteiger partial charge in [0.15, 0.2) is 0 Å². The molecule has 2 amide bonds. The second kappa shape index (κ2) is 6.79. The van der Waals surface area contributed by atoms with Gasteiger partial charge in [0.1, 0.15) is 0 Å². The van der Waals surface area contributed by atoms with Gasteiger partial charge in [-0.05, 0) is 43.7 Å². The molecular formula is C16H23N3O2S. The van der Waals surface area contributed by atoms with Crippen molar-refractivity contribution < 1.29 is 9.59 Å². The van der Waals surface area contributed by atoms with E-state index < -0.39 is 0 Å². The minimum atomic E-state index is -0.232. The number of carbonyl (C=O) groups excluding carboxylic acids is 2. The van der Waals surface area contributed by atoms with Crippen LogP contribution in [0.15, 0.2) is 17.5 Å². The third-order valence-corrected chi connectivity index (χ3v) is 5.80. The molecule has 6 heteroatoms. The summed E-state index contributed by atoms with van der Waals surface area (Å²) in [6.45, 7) is 2.80. The lowest BCUT2D eigenvalue weighted by atomic mass is 9.96. The van der Waals surface area contributed by atoms with E-state index in [1.165, 1.54) is 4.88 Å². The molecule has 1 atom stereocenters. The second-order valence-corrected chi connectivity index (χ2v) is 7.18. The molecule has 0 aliphatic carbocycles. The van der Waals surface area contributed by atoms with Crippen molar-refractivity contribution in [3.8, 4) is 0 Å². The van der Waals surface area contributed by atoms with E-state index in [-0.39, 0.29) is 17.7 Å². The van der Waals surface area contributed by atoms with Crippen LogP contribution in [0.1, 0.15) is 36.6 Å². The van der Waals surface area contributed by atoms with Gasteiger partial charge < -0.3 is 10.6 Å². The van der Waals surface area contributed by atoms with E-state index in [4.69, 9.17) is 5.73 Å². The molecule has 0 aromatic carbocycles. The number of hydrogen-bond donors (Lipinski definition) is 1. The molecule has 0 bridgehead atoms. The number of hydrogen-bond acceptors (Lipinski definition) is 4. The van der Waals surface area contributed by atoms with Gasteiger partial charge in [-0.25, -0.2) is 0 Å². The van der Waals surface area contributed by atoms with Crippen molar-refractivity contribution in [2.24, 2.45) is 11.7 Å². The fourth-order valence-corrected chi connectivity index (χ4v) is 4.40. The van der Waals surface area contributed by atoms with Crippen LogP contribution in [0, 0.1) is 5.92 Å². The van der Waals surface area contributed by atoms with Crippen LogP contribution in [-0.4, -0.2) is 47.8 Å². The van der Waals surface area contributed by atoms with E-state index in [0.29, 0.717) is 38.5 Å². The van der Waals surface area contributed by atoms with Gasteiger partial charge in [-0.2, -0.15) is 0 Å². The van der Waals surface area contributed by atoms with Gasteiger partial charge >= 0.3 is 0 Å². The summed E-state index contributed by atoms with van der Waals surface area (Å²) in [4.78, 5) is 29.3. The number of nitrogens with two attached hydrogens (primary N) is 1. The fraction of sp³-hybridized carbons (Fsp3) is 0.625. The van der Waals surface area contributed by atoms with Crippen LogP contribution < -0.4 is 5.73 Å². The predicted octanol–water partition coefficient (Wildman–Crippen LogP) is 1.61. The van der Waals surface area contributed by atoms with Crippen LogP contribution in [0.5, 0.6) is 0 Å². The third-order valence-electron chi connectivity index (χ3n) is 4.82. The van der Waals surface area contributed by atoms with E-state index in [1.807, 2.05) is 4.90 Å². The average Bonchev–Trinajstić information content (AvgIpc) is 3.18. The molecule has 2 fully saturated rings. The zero-order valence-corrected chi connectivity index (χ0v) is 13.6. The molecule has 2 aliphatic rings. The van der Waals surface area contributed by atoms with E-state index >= 15 is 0 Å². The first-order valence-corrected chi connectivity index (χ1v) is 8.87. The maximum absolute atomic E-state index is 12.5. The van der Waals surface area contributed by atoms with Gasteiger partial charge in [0.2, 0.25) is 11.8 Å². The lowest BCUT2D eigenvalue weighted by Gasteiger charge is -2.32. The first-order chi connectivity index (χ1) is 10.6. The number of amides is 2. The zero-order chi connectivity index (χ0) is 15.5. The lowest BCUT2D eigenvalue weighted by molar-refractivity contribution is -0.136. The molecule has 1 unspecified atom stereocenters. The van der Waals surface area contributed by atoms with E-state index in [9.17, 15) is 9.59 Å². The quantitative estimate of drug-likeness (QED) is 0.916. The van der Waals surface area contributed by atoms with Crippen molar-refractivity contribution in [1.82, 2.24) is 9.80 Å². The third kappa shape index (κ3) is 3.33. The number of likely N-dealkylation sites (tertiary alicyclic amines) is 2. The van der Waals surface area contributed by atoms with Crippen molar-refractivity contribution in [2.45, 2.75) is 31.7 Å². The summed E-state index contributed by atoms with van der Waals surface area (Å²) in [5.41, 5.74) is 5.34. The normalized spacial score (nSPS) is 23.8. The number of primary amides is 1. The van der Waals surface area contributed by atoms with Gasteiger partial charge in [0, 0.05) is 29.9 Å². The lowest BCUT2D eigenvalue weighted by Crippen LogP contribution is -2.45. The van der Waals surface area contributed by atoms with Gasteiger partial charge in [0.25, 0.3) is 0 Å². The Balaban J connectivity index is 1.54. The Morgan fingerprint density at radius 3 is 2.64 bits per heavy atom. The number of carbonyl (C=O) groups is 2. The molecule has 2 saturated heterocycles. The SMILES string of the molecule is NC(=O)C1CCN(C(=O)CN2CCCC2c2cccs2)CC1. The minimum Gasteiger partial charge on any atom is -0.369 e. The molecule has 0 spiro atoms. The molecule has 1 aromatic heterocycles. The summed E-state index contributed by atoms with van der Waals surface area (Å²) in [5, 5.41) is 2.10. The standard InChI is InChI=1S/C16H23N3O2S/c17-16(21)12-5-8-18(9-6-12)15(20)11-19-7-1-3-13(19)14-4-2-10-22-14/h2,4,10,12-13H,1,3,5-9,11H2,(H2,17,21). The maximum Gasteiger partial charge on any atom is 0.236 e. The highest BCUT2D eigenvalue weighted by Crippen LogP contribution is 2.34. The van der Waals surface area contributed by atoms with Crippen LogP contribution in [0.2, 0.25) is 0 Å². The van der Waals surface area contributed by atoms with Crippen molar-refractivity contribution in [3.05, 3.63) is 22.4 Å². The molecule has 5 nitrogen and oxygen atoms in total. The molecule has 1 aromatic rings. The van der Waals surface area contributed by atoms with Crippen molar-refractivity contribution in [3.63, 3.8) is 0 Å². The summed E-state index contributed by atoms with van der Waals surface area (Å²) in [6.07, 6.45) is 3.70. The van der Waals surface area contributed by atoms with E-state index in [0.717, 1.165) is 19.4 Å². The number of nitrogens with zero attached hydrogens (tertiary/aromatic N) is 2. The van der Waals surface area contributed by atoms with Gasteiger partial charge in [-0.15, -0.1) is 11.3 Å². The molecule has 2 N–H and O–H groups in total. The Kier molecular flexibility index (Phi) is 4.78. The Labute approximate surface area is 135 Å². The van der Waals surface area contributed by atoms with Crippen molar-refractivity contribution in [1.29, 1.82) is 0 Å². The monoisotopic (exact) mass is 321 g/mol. The van der Waals surface area contributed by atoms with Crippen LogP contribution in [0.3, 0.4) is 0 Å². The van der Waals surface area contributed by atoms with Crippen LogP contribution in [0.25, 0.3) is 0 Å². The van der Waals surface area contributed by atoms with E-state index in [1.54, 1.807) is 11.3 Å². The first-order valence-electron chi connectivity index (χ1n) is 7.99. The molecule has 0 saturated carbocycles. The first kappa shape index (κ1) is 15.5. The Morgan fingerprint density at radius 1 is 1.23 bits per heavy atom. The highest BCUT2D eigenvalue weighted by atomic mass is 32.1. The summed E-state index contributed by atoms with van der Waals surface area (Å²) in [7, 11) is 0. The highest BCUT2D eigenvalue weighted by Gasteiger charge is 2.31. The number of piperidine rings is 1. The van der Waals surface area contributed by atoms with Crippen LogP contribution in [-0.2, 0) is 9.59 Å². The number of rotatable bonds is 4. The molecular weight excluding hydrogens is 298 g/mol. The maximum atomic E-state index is 12.5.